The summed E-state index contributed by atoms with van der Waals surface area (Å²) in [6, 6.07) is 40.1. The van der Waals surface area contributed by atoms with Crippen molar-refractivity contribution >= 4 is 32.3 Å². The van der Waals surface area contributed by atoms with Crippen LogP contribution in [0.25, 0.3) is 54.6 Å². The van der Waals surface area contributed by atoms with Crippen LogP contribution in [0.4, 0.5) is 0 Å². The van der Waals surface area contributed by atoms with E-state index in [4.69, 9.17) is 0 Å². The molecule has 1 aliphatic carbocycles. The Morgan fingerprint density at radius 3 is 1.55 bits per heavy atom. The van der Waals surface area contributed by atoms with Gasteiger partial charge in [-0.3, -0.25) is 0 Å². The highest BCUT2D eigenvalue weighted by molar-refractivity contribution is 6.28. The smallest absolute Gasteiger partial charge is 0.000728 e. The van der Waals surface area contributed by atoms with E-state index in [1.54, 1.807) is 0 Å². The molecular weight excluding hydrogens is 372 g/mol. The molecule has 0 atom stereocenters. The lowest BCUT2D eigenvalue weighted by molar-refractivity contribution is 1.27. The monoisotopic (exact) mass is 392 g/mol. The van der Waals surface area contributed by atoms with Crippen LogP contribution in [-0.2, 0) is 6.42 Å². The van der Waals surface area contributed by atoms with Crippen LogP contribution in [0.1, 0.15) is 11.1 Å². The lowest BCUT2D eigenvalue weighted by Crippen LogP contribution is -1.91. The minimum atomic E-state index is 1.00. The van der Waals surface area contributed by atoms with Crippen LogP contribution < -0.4 is 0 Å². The van der Waals surface area contributed by atoms with Crippen molar-refractivity contribution in [1.29, 1.82) is 0 Å². The van der Waals surface area contributed by atoms with Crippen molar-refractivity contribution in [3.63, 3.8) is 0 Å². The number of benzene rings is 6. The molecule has 0 saturated carbocycles. The van der Waals surface area contributed by atoms with Crippen LogP contribution in [0.5, 0.6) is 0 Å². The fourth-order valence-corrected chi connectivity index (χ4v) is 5.59. The molecule has 0 unspecified atom stereocenters. The molecule has 0 heteroatoms. The largest absolute Gasteiger partial charge is 0.0619 e. The van der Waals surface area contributed by atoms with E-state index in [-0.39, 0.29) is 0 Å². The van der Waals surface area contributed by atoms with E-state index in [0.29, 0.717) is 0 Å². The summed E-state index contributed by atoms with van der Waals surface area (Å²) < 4.78 is 0. The van der Waals surface area contributed by atoms with Gasteiger partial charge in [-0.15, -0.1) is 0 Å². The fourth-order valence-electron chi connectivity index (χ4n) is 5.59. The molecule has 144 valence electrons. The van der Waals surface area contributed by atoms with E-state index in [1.807, 2.05) is 0 Å². The van der Waals surface area contributed by atoms with E-state index < -0.39 is 0 Å². The van der Waals surface area contributed by atoms with Gasteiger partial charge >= 0.3 is 0 Å². The predicted octanol–water partition coefficient (Wildman–Crippen LogP) is 8.38. The van der Waals surface area contributed by atoms with Gasteiger partial charge in [0.05, 0.1) is 0 Å². The van der Waals surface area contributed by atoms with Gasteiger partial charge in [0.1, 0.15) is 0 Å². The third-order valence-corrected chi connectivity index (χ3v) is 6.91. The molecule has 0 heterocycles. The minimum Gasteiger partial charge on any atom is -0.0619 e. The molecule has 6 aromatic carbocycles. The molecule has 0 aliphatic heterocycles. The number of hydrogen-bond donors (Lipinski definition) is 0. The summed E-state index contributed by atoms with van der Waals surface area (Å²) in [5.74, 6) is 0. The Labute approximate surface area is 181 Å². The van der Waals surface area contributed by atoms with E-state index in [9.17, 15) is 0 Å². The molecule has 0 N–H and O–H groups in total. The quantitative estimate of drug-likeness (QED) is 0.246. The molecule has 0 fully saturated rings. The molecular formula is C31H20. The van der Waals surface area contributed by atoms with Gasteiger partial charge in [-0.1, -0.05) is 109 Å². The Kier molecular flexibility index (Phi) is 3.42. The van der Waals surface area contributed by atoms with Gasteiger partial charge in [0.15, 0.2) is 0 Å². The zero-order chi connectivity index (χ0) is 20.4. The van der Waals surface area contributed by atoms with Crippen LogP contribution in [-0.4, -0.2) is 0 Å². The van der Waals surface area contributed by atoms with E-state index in [2.05, 4.69) is 109 Å². The van der Waals surface area contributed by atoms with Gasteiger partial charge in [-0.25, -0.2) is 0 Å². The van der Waals surface area contributed by atoms with Gasteiger partial charge in [-0.05, 0) is 72.1 Å². The molecule has 0 aromatic heterocycles. The summed E-state index contributed by atoms with van der Waals surface area (Å²) in [5.41, 5.74) is 8.35. The first kappa shape index (κ1) is 16.8. The van der Waals surface area contributed by atoms with Crippen LogP contribution in [0.3, 0.4) is 0 Å². The maximum Gasteiger partial charge on any atom is -0.000728 e. The van der Waals surface area contributed by atoms with Crippen molar-refractivity contribution in [2.75, 3.05) is 0 Å². The first-order valence-electron chi connectivity index (χ1n) is 10.9. The van der Waals surface area contributed by atoms with Gasteiger partial charge in [0, 0.05) is 0 Å². The van der Waals surface area contributed by atoms with Gasteiger partial charge in [0.25, 0.3) is 0 Å². The maximum atomic E-state index is 2.31. The Morgan fingerprint density at radius 2 is 0.806 bits per heavy atom. The third kappa shape index (κ3) is 2.30. The summed E-state index contributed by atoms with van der Waals surface area (Å²) in [6.07, 6.45) is 1.00. The summed E-state index contributed by atoms with van der Waals surface area (Å²) in [4.78, 5) is 0. The average Bonchev–Trinajstić information content (AvgIpc) is 3.23. The second-order valence-corrected chi connectivity index (χ2v) is 8.48. The summed E-state index contributed by atoms with van der Waals surface area (Å²) in [7, 11) is 0. The van der Waals surface area contributed by atoms with Crippen molar-refractivity contribution in [3.05, 3.63) is 120 Å². The minimum absolute atomic E-state index is 1.00. The number of rotatable bonds is 1. The van der Waals surface area contributed by atoms with Gasteiger partial charge in [0.2, 0.25) is 0 Å². The van der Waals surface area contributed by atoms with Crippen molar-refractivity contribution in [2.24, 2.45) is 0 Å². The standard InChI is InChI=1S/C31H20/c1-2-10-21-20(9-1)19-30-22(21)15-7-16-26(30)29-18-8-17-28-25-12-4-3-11-23(25)24-13-5-6-14-27(24)31(28)29/h1-18H,19H2. The molecule has 0 saturated heterocycles. The molecule has 31 heavy (non-hydrogen) atoms. The third-order valence-electron chi connectivity index (χ3n) is 6.91. The number of fused-ring (bicyclic) bond motifs is 9. The molecule has 0 bridgehead atoms. The van der Waals surface area contributed by atoms with Crippen LogP contribution in [0, 0.1) is 0 Å². The predicted molar refractivity (Wildman–Crippen MR) is 133 cm³/mol. The molecule has 0 amide bonds. The molecule has 0 nitrogen and oxygen atoms in total. The van der Waals surface area contributed by atoms with Crippen molar-refractivity contribution < 1.29 is 0 Å². The van der Waals surface area contributed by atoms with Gasteiger partial charge in [-0.2, -0.15) is 0 Å². The molecule has 0 radical (unpaired) electrons. The summed E-state index contributed by atoms with van der Waals surface area (Å²) in [5, 5.41) is 8.01. The molecule has 0 spiro atoms. The normalized spacial score (nSPS) is 12.4. The van der Waals surface area contributed by atoms with E-state index in [0.717, 1.165) is 6.42 Å². The summed E-state index contributed by atoms with van der Waals surface area (Å²) >= 11 is 0. The topological polar surface area (TPSA) is 0 Å². The first-order valence-corrected chi connectivity index (χ1v) is 10.9. The van der Waals surface area contributed by atoms with Crippen LogP contribution in [0.15, 0.2) is 109 Å². The zero-order valence-corrected chi connectivity index (χ0v) is 17.1. The van der Waals surface area contributed by atoms with Crippen LogP contribution >= 0.6 is 0 Å². The molecule has 7 rings (SSSR count). The highest BCUT2D eigenvalue weighted by Crippen LogP contribution is 2.45. The highest BCUT2D eigenvalue weighted by Gasteiger charge is 2.22. The van der Waals surface area contributed by atoms with Crippen molar-refractivity contribution in [2.45, 2.75) is 6.42 Å². The molecule has 1 aliphatic rings. The lowest BCUT2D eigenvalue weighted by atomic mass is 9.87. The van der Waals surface area contributed by atoms with Crippen molar-refractivity contribution in [3.8, 4) is 22.3 Å². The summed E-state index contributed by atoms with van der Waals surface area (Å²) in [6.45, 7) is 0. The second-order valence-electron chi connectivity index (χ2n) is 8.48. The Bertz CT molecular complexity index is 1610. The van der Waals surface area contributed by atoms with Gasteiger partial charge < -0.3 is 0 Å². The van der Waals surface area contributed by atoms with E-state index >= 15 is 0 Å². The molecule has 6 aromatic rings. The average molecular weight is 393 g/mol. The van der Waals surface area contributed by atoms with Crippen molar-refractivity contribution in [1.82, 2.24) is 0 Å². The number of hydrogen-bond acceptors (Lipinski definition) is 0. The highest BCUT2D eigenvalue weighted by atomic mass is 14.3. The second kappa shape index (κ2) is 6.30. The maximum absolute atomic E-state index is 2.31. The SMILES string of the molecule is c1ccc2c(c1)Cc1c-2cccc1-c1cccc2c3ccccc3c3ccccc3c12. The fraction of sp³-hybridized carbons (Fsp3) is 0.0323. The zero-order valence-electron chi connectivity index (χ0n) is 17.1. The lowest BCUT2D eigenvalue weighted by Gasteiger charge is -2.16. The Morgan fingerprint density at radius 1 is 0.355 bits per heavy atom. The van der Waals surface area contributed by atoms with E-state index in [1.165, 1.54) is 65.7 Å². The Hall–Kier alpha value is -3.90. The first-order chi connectivity index (χ1) is 15.4. The Balaban J connectivity index is 1.64. The van der Waals surface area contributed by atoms with Crippen LogP contribution in [0.2, 0.25) is 0 Å².